The van der Waals surface area contributed by atoms with E-state index in [1.165, 1.54) is 32.2 Å². The molecule has 0 radical (unpaired) electrons. The van der Waals surface area contributed by atoms with Gasteiger partial charge in [0.25, 0.3) is 0 Å². The van der Waals surface area contributed by atoms with Crippen molar-refractivity contribution in [1.29, 1.82) is 0 Å². The fourth-order valence-corrected chi connectivity index (χ4v) is 1.31. The standard InChI is InChI=1S/C11H25N/c1-6-7-8-11(2,3)9-10-12(4)5/h6-10H2,1-5H3. The normalized spacial score (nSPS) is 12.5. The molecular weight excluding hydrogens is 146 g/mol. The van der Waals surface area contributed by atoms with Crippen LogP contribution in [0.3, 0.4) is 0 Å². The van der Waals surface area contributed by atoms with Crippen LogP contribution in [0.15, 0.2) is 0 Å². The van der Waals surface area contributed by atoms with Crippen LogP contribution in [0.5, 0.6) is 0 Å². The molecule has 12 heavy (non-hydrogen) atoms. The molecule has 0 N–H and O–H groups in total. The van der Waals surface area contributed by atoms with Crippen LogP contribution in [0.25, 0.3) is 0 Å². The van der Waals surface area contributed by atoms with Gasteiger partial charge in [0.05, 0.1) is 0 Å². The average Bonchev–Trinajstić information content (AvgIpc) is 1.98. The molecule has 0 aliphatic carbocycles. The smallest absolute Gasteiger partial charge is 0.00197 e. The minimum Gasteiger partial charge on any atom is -0.309 e. The molecule has 1 nitrogen and oxygen atoms in total. The molecule has 0 unspecified atom stereocenters. The van der Waals surface area contributed by atoms with Crippen molar-refractivity contribution in [1.82, 2.24) is 4.90 Å². The van der Waals surface area contributed by atoms with Crippen LogP contribution in [0.1, 0.15) is 46.5 Å². The zero-order chi connectivity index (χ0) is 9.61. The molecule has 0 aromatic carbocycles. The van der Waals surface area contributed by atoms with E-state index >= 15 is 0 Å². The van der Waals surface area contributed by atoms with E-state index in [4.69, 9.17) is 0 Å². The summed E-state index contributed by atoms with van der Waals surface area (Å²) in [6.45, 7) is 8.25. The molecule has 0 aromatic heterocycles. The molecule has 0 atom stereocenters. The van der Waals surface area contributed by atoms with E-state index in [1.54, 1.807) is 0 Å². The summed E-state index contributed by atoms with van der Waals surface area (Å²) in [5.41, 5.74) is 0.542. The third kappa shape index (κ3) is 6.66. The summed E-state index contributed by atoms with van der Waals surface area (Å²) in [7, 11) is 4.30. The Labute approximate surface area is 78.1 Å². The van der Waals surface area contributed by atoms with Crippen LogP contribution in [-0.4, -0.2) is 25.5 Å². The van der Waals surface area contributed by atoms with Crippen molar-refractivity contribution >= 4 is 0 Å². The molecule has 0 amide bonds. The minimum atomic E-state index is 0.542. The van der Waals surface area contributed by atoms with Crippen molar-refractivity contribution in [3.8, 4) is 0 Å². The largest absolute Gasteiger partial charge is 0.309 e. The molecule has 0 aliphatic heterocycles. The lowest BCUT2D eigenvalue weighted by Crippen LogP contribution is -2.21. The predicted octanol–water partition coefficient (Wildman–Crippen LogP) is 3.15. The molecule has 0 heterocycles. The minimum absolute atomic E-state index is 0.542. The van der Waals surface area contributed by atoms with Gasteiger partial charge in [0.1, 0.15) is 0 Å². The van der Waals surface area contributed by atoms with Gasteiger partial charge in [0, 0.05) is 0 Å². The highest BCUT2D eigenvalue weighted by Crippen LogP contribution is 2.27. The van der Waals surface area contributed by atoms with Gasteiger partial charge in [-0.15, -0.1) is 0 Å². The van der Waals surface area contributed by atoms with E-state index in [0.29, 0.717) is 5.41 Å². The fraction of sp³-hybridized carbons (Fsp3) is 1.00. The van der Waals surface area contributed by atoms with Crippen molar-refractivity contribution in [2.75, 3.05) is 20.6 Å². The van der Waals surface area contributed by atoms with Gasteiger partial charge >= 0.3 is 0 Å². The second-order valence-corrected chi connectivity index (χ2v) is 4.82. The summed E-state index contributed by atoms with van der Waals surface area (Å²) in [5.74, 6) is 0. The van der Waals surface area contributed by atoms with Crippen molar-refractivity contribution in [2.24, 2.45) is 5.41 Å². The van der Waals surface area contributed by atoms with Gasteiger partial charge in [-0.2, -0.15) is 0 Å². The monoisotopic (exact) mass is 171 g/mol. The zero-order valence-corrected chi connectivity index (χ0v) is 9.48. The van der Waals surface area contributed by atoms with Gasteiger partial charge in [-0.25, -0.2) is 0 Å². The first-order chi connectivity index (χ1) is 5.48. The van der Waals surface area contributed by atoms with Crippen LogP contribution >= 0.6 is 0 Å². The maximum absolute atomic E-state index is 2.38. The van der Waals surface area contributed by atoms with Gasteiger partial charge < -0.3 is 4.90 Å². The van der Waals surface area contributed by atoms with Crippen molar-refractivity contribution in [3.05, 3.63) is 0 Å². The Hall–Kier alpha value is -0.0400. The number of hydrogen-bond acceptors (Lipinski definition) is 1. The summed E-state index contributed by atoms with van der Waals surface area (Å²) < 4.78 is 0. The molecule has 0 aliphatic rings. The Morgan fingerprint density at radius 3 is 2.08 bits per heavy atom. The number of rotatable bonds is 6. The van der Waals surface area contributed by atoms with E-state index in [2.05, 4.69) is 39.8 Å². The lowest BCUT2D eigenvalue weighted by atomic mass is 9.84. The topological polar surface area (TPSA) is 3.24 Å². The van der Waals surface area contributed by atoms with Crippen LogP contribution in [0.2, 0.25) is 0 Å². The first-order valence-electron chi connectivity index (χ1n) is 5.12. The number of hydrogen-bond donors (Lipinski definition) is 0. The summed E-state index contributed by atoms with van der Waals surface area (Å²) in [4.78, 5) is 2.27. The lowest BCUT2D eigenvalue weighted by molar-refractivity contribution is 0.252. The SMILES string of the molecule is CCCCC(C)(C)CCN(C)C. The lowest BCUT2D eigenvalue weighted by Gasteiger charge is -2.26. The van der Waals surface area contributed by atoms with E-state index in [-0.39, 0.29) is 0 Å². The van der Waals surface area contributed by atoms with Gasteiger partial charge in [0.15, 0.2) is 0 Å². The molecule has 0 bridgehead atoms. The molecule has 74 valence electrons. The van der Waals surface area contributed by atoms with Gasteiger partial charge in [0.2, 0.25) is 0 Å². The number of nitrogens with zero attached hydrogens (tertiary/aromatic N) is 1. The maximum atomic E-state index is 2.38. The van der Waals surface area contributed by atoms with Crippen LogP contribution in [0, 0.1) is 5.41 Å². The molecule has 0 fully saturated rings. The molecule has 0 saturated carbocycles. The Morgan fingerprint density at radius 1 is 1.08 bits per heavy atom. The summed E-state index contributed by atoms with van der Waals surface area (Å²) >= 11 is 0. The van der Waals surface area contributed by atoms with E-state index < -0.39 is 0 Å². The van der Waals surface area contributed by atoms with Gasteiger partial charge in [-0.1, -0.05) is 33.6 Å². The van der Waals surface area contributed by atoms with Crippen molar-refractivity contribution in [2.45, 2.75) is 46.5 Å². The van der Waals surface area contributed by atoms with Crippen LogP contribution in [-0.2, 0) is 0 Å². The third-order valence-corrected chi connectivity index (χ3v) is 2.44. The fourth-order valence-electron chi connectivity index (χ4n) is 1.31. The second kappa shape index (κ2) is 5.58. The Bertz CT molecular complexity index is 106. The summed E-state index contributed by atoms with van der Waals surface area (Å²) in [5, 5.41) is 0. The number of unbranched alkanes of at least 4 members (excludes halogenated alkanes) is 1. The Morgan fingerprint density at radius 2 is 1.67 bits per heavy atom. The molecule has 0 saturated heterocycles. The molecular formula is C11H25N. The van der Waals surface area contributed by atoms with Crippen LogP contribution < -0.4 is 0 Å². The van der Waals surface area contributed by atoms with Crippen LogP contribution in [0.4, 0.5) is 0 Å². The molecule has 0 spiro atoms. The van der Waals surface area contributed by atoms with E-state index in [1.807, 2.05) is 0 Å². The van der Waals surface area contributed by atoms with Gasteiger partial charge in [-0.3, -0.25) is 0 Å². The zero-order valence-electron chi connectivity index (χ0n) is 9.48. The predicted molar refractivity (Wildman–Crippen MR) is 56.5 cm³/mol. The van der Waals surface area contributed by atoms with E-state index in [9.17, 15) is 0 Å². The third-order valence-electron chi connectivity index (χ3n) is 2.44. The summed E-state index contributed by atoms with van der Waals surface area (Å²) in [6, 6.07) is 0. The summed E-state index contributed by atoms with van der Waals surface area (Å²) in [6.07, 6.45) is 5.39. The Balaban J connectivity index is 3.56. The maximum Gasteiger partial charge on any atom is -0.00197 e. The molecule has 0 aromatic rings. The average molecular weight is 171 g/mol. The molecule has 1 heteroatoms. The Kier molecular flexibility index (Phi) is 5.56. The first kappa shape index (κ1) is 12.0. The highest BCUT2D eigenvalue weighted by atomic mass is 15.0. The molecule has 0 rings (SSSR count). The van der Waals surface area contributed by atoms with E-state index in [0.717, 1.165) is 0 Å². The quantitative estimate of drug-likeness (QED) is 0.593. The first-order valence-corrected chi connectivity index (χ1v) is 5.12. The second-order valence-electron chi connectivity index (χ2n) is 4.82. The van der Waals surface area contributed by atoms with Crippen molar-refractivity contribution < 1.29 is 0 Å². The van der Waals surface area contributed by atoms with Crippen molar-refractivity contribution in [3.63, 3.8) is 0 Å². The highest BCUT2D eigenvalue weighted by Gasteiger charge is 2.16. The highest BCUT2D eigenvalue weighted by molar-refractivity contribution is 4.69. The van der Waals surface area contributed by atoms with Gasteiger partial charge in [-0.05, 0) is 38.9 Å².